The van der Waals surface area contributed by atoms with Gasteiger partial charge in [-0.1, -0.05) is 0 Å². The highest BCUT2D eigenvalue weighted by Crippen LogP contribution is 2.30. The number of benzene rings is 2. The molecule has 0 spiro atoms. The average Bonchev–Trinajstić information content (AvgIpc) is 2.66. The SMILES string of the molecule is CCOc1cc(C(=O)Nc2cc(OC)cc(OC)c2)ccc1OCC(=O)O. The first kappa shape index (κ1) is 19.9. The Labute approximate surface area is 156 Å². The molecular weight excluding hydrogens is 354 g/mol. The number of rotatable bonds is 9. The van der Waals surface area contributed by atoms with Gasteiger partial charge in [0.2, 0.25) is 0 Å². The fraction of sp³-hybridized carbons (Fsp3) is 0.263. The summed E-state index contributed by atoms with van der Waals surface area (Å²) < 4.78 is 21.0. The summed E-state index contributed by atoms with van der Waals surface area (Å²) in [6, 6.07) is 9.52. The predicted molar refractivity (Wildman–Crippen MR) is 98.2 cm³/mol. The van der Waals surface area contributed by atoms with Gasteiger partial charge < -0.3 is 29.4 Å². The molecule has 2 N–H and O–H groups in total. The standard InChI is InChI=1S/C19H21NO7/c1-4-26-17-7-12(5-6-16(17)27-11-18(21)22)19(23)20-13-8-14(24-2)10-15(9-13)25-3/h5-10H,4,11H2,1-3H3,(H,20,23)(H,21,22). The van der Waals surface area contributed by atoms with Gasteiger partial charge in [-0.3, -0.25) is 4.79 Å². The van der Waals surface area contributed by atoms with Crippen LogP contribution in [-0.2, 0) is 4.79 Å². The van der Waals surface area contributed by atoms with Gasteiger partial charge in [0, 0.05) is 29.4 Å². The molecule has 2 rings (SSSR count). The number of carboxylic acids is 1. The van der Waals surface area contributed by atoms with E-state index in [1.807, 2.05) is 0 Å². The Hall–Kier alpha value is -3.42. The molecule has 0 radical (unpaired) electrons. The second-order valence-corrected chi connectivity index (χ2v) is 5.33. The predicted octanol–water partition coefficient (Wildman–Crippen LogP) is 2.82. The van der Waals surface area contributed by atoms with Crippen molar-refractivity contribution in [3.8, 4) is 23.0 Å². The highest BCUT2D eigenvalue weighted by Gasteiger charge is 2.14. The van der Waals surface area contributed by atoms with Crippen molar-refractivity contribution in [1.29, 1.82) is 0 Å². The number of amides is 1. The van der Waals surface area contributed by atoms with Crippen molar-refractivity contribution in [2.75, 3.05) is 32.8 Å². The van der Waals surface area contributed by atoms with E-state index in [1.165, 1.54) is 32.4 Å². The second-order valence-electron chi connectivity index (χ2n) is 5.33. The lowest BCUT2D eigenvalue weighted by molar-refractivity contribution is -0.139. The smallest absolute Gasteiger partial charge is 0.341 e. The molecule has 27 heavy (non-hydrogen) atoms. The number of nitrogens with one attached hydrogen (secondary N) is 1. The van der Waals surface area contributed by atoms with Gasteiger partial charge in [-0.15, -0.1) is 0 Å². The lowest BCUT2D eigenvalue weighted by atomic mass is 10.1. The van der Waals surface area contributed by atoms with Crippen LogP contribution in [0.2, 0.25) is 0 Å². The lowest BCUT2D eigenvalue weighted by Gasteiger charge is -2.13. The van der Waals surface area contributed by atoms with Crippen LogP contribution in [0.1, 0.15) is 17.3 Å². The van der Waals surface area contributed by atoms with Crippen LogP contribution < -0.4 is 24.3 Å². The first-order valence-electron chi connectivity index (χ1n) is 8.12. The molecule has 0 unspecified atom stereocenters. The maximum Gasteiger partial charge on any atom is 0.341 e. The third-order valence-electron chi connectivity index (χ3n) is 3.47. The number of anilines is 1. The normalized spacial score (nSPS) is 10.0. The zero-order valence-electron chi connectivity index (χ0n) is 15.3. The highest BCUT2D eigenvalue weighted by atomic mass is 16.5. The first-order valence-corrected chi connectivity index (χ1v) is 8.12. The molecule has 8 heteroatoms. The monoisotopic (exact) mass is 375 g/mol. The number of hydrogen-bond donors (Lipinski definition) is 2. The first-order chi connectivity index (χ1) is 13.0. The van der Waals surface area contributed by atoms with Crippen molar-refractivity contribution in [2.45, 2.75) is 6.92 Å². The Kier molecular flexibility index (Phi) is 6.87. The van der Waals surface area contributed by atoms with Crippen LogP contribution >= 0.6 is 0 Å². The summed E-state index contributed by atoms with van der Waals surface area (Å²) in [5.41, 5.74) is 0.822. The molecule has 2 aromatic rings. The molecule has 0 bridgehead atoms. The molecule has 8 nitrogen and oxygen atoms in total. The van der Waals surface area contributed by atoms with Gasteiger partial charge in [-0.2, -0.15) is 0 Å². The zero-order valence-corrected chi connectivity index (χ0v) is 15.3. The van der Waals surface area contributed by atoms with Crippen LogP contribution in [0.5, 0.6) is 23.0 Å². The van der Waals surface area contributed by atoms with E-state index in [4.69, 9.17) is 24.1 Å². The Balaban J connectivity index is 2.23. The van der Waals surface area contributed by atoms with Crippen LogP contribution in [0.4, 0.5) is 5.69 Å². The number of ether oxygens (including phenoxy) is 4. The summed E-state index contributed by atoms with van der Waals surface area (Å²) in [5.74, 6) is 0.130. The molecule has 1 amide bonds. The van der Waals surface area contributed by atoms with Gasteiger partial charge in [-0.25, -0.2) is 4.79 Å². The molecule has 2 aromatic carbocycles. The van der Waals surface area contributed by atoms with E-state index < -0.39 is 12.6 Å². The van der Waals surface area contributed by atoms with Crippen molar-refractivity contribution >= 4 is 17.6 Å². The van der Waals surface area contributed by atoms with E-state index in [0.29, 0.717) is 29.4 Å². The number of methoxy groups -OCH3 is 2. The fourth-order valence-electron chi connectivity index (χ4n) is 2.26. The number of carbonyl (C=O) groups excluding carboxylic acids is 1. The largest absolute Gasteiger partial charge is 0.497 e. The Morgan fingerprint density at radius 1 is 0.963 bits per heavy atom. The van der Waals surface area contributed by atoms with Crippen molar-refractivity contribution in [3.63, 3.8) is 0 Å². The van der Waals surface area contributed by atoms with Gasteiger partial charge in [0.15, 0.2) is 18.1 Å². The number of aliphatic carboxylic acids is 1. The zero-order chi connectivity index (χ0) is 19.8. The lowest BCUT2D eigenvalue weighted by Crippen LogP contribution is -2.13. The summed E-state index contributed by atoms with van der Waals surface area (Å²) in [7, 11) is 3.04. The highest BCUT2D eigenvalue weighted by molar-refractivity contribution is 6.04. The van der Waals surface area contributed by atoms with Gasteiger partial charge >= 0.3 is 5.97 Å². The van der Waals surface area contributed by atoms with Crippen LogP contribution in [0.25, 0.3) is 0 Å². The Bertz CT molecular complexity index is 797. The van der Waals surface area contributed by atoms with Gasteiger partial charge in [-0.05, 0) is 25.1 Å². The molecule has 0 heterocycles. The minimum Gasteiger partial charge on any atom is -0.497 e. The van der Waals surface area contributed by atoms with Crippen LogP contribution in [0.3, 0.4) is 0 Å². The van der Waals surface area contributed by atoms with Crippen molar-refractivity contribution in [1.82, 2.24) is 0 Å². The van der Waals surface area contributed by atoms with Crippen LogP contribution in [-0.4, -0.2) is 44.4 Å². The Morgan fingerprint density at radius 2 is 1.63 bits per heavy atom. The summed E-state index contributed by atoms with van der Waals surface area (Å²) in [6.07, 6.45) is 0. The van der Waals surface area contributed by atoms with Crippen molar-refractivity contribution in [2.24, 2.45) is 0 Å². The number of carbonyl (C=O) groups is 2. The molecule has 0 saturated heterocycles. The van der Waals surface area contributed by atoms with Gasteiger partial charge in [0.25, 0.3) is 5.91 Å². The second kappa shape index (κ2) is 9.33. The summed E-state index contributed by atoms with van der Waals surface area (Å²) in [6.45, 7) is 1.60. The number of carboxylic acid groups (broad SMARTS) is 1. The van der Waals surface area contributed by atoms with Gasteiger partial charge in [0.05, 0.1) is 20.8 Å². The summed E-state index contributed by atoms with van der Waals surface area (Å²) in [4.78, 5) is 23.2. The van der Waals surface area contributed by atoms with Crippen molar-refractivity contribution < 1.29 is 33.6 Å². The molecule has 0 saturated carbocycles. The van der Waals surface area contributed by atoms with E-state index >= 15 is 0 Å². The third-order valence-corrected chi connectivity index (χ3v) is 3.47. The molecule has 0 aliphatic heterocycles. The van der Waals surface area contributed by atoms with Crippen LogP contribution in [0, 0.1) is 0 Å². The summed E-state index contributed by atoms with van der Waals surface area (Å²) in [5, 5.41) is 11.5. The molecule has 0 aliphatic carbocycles. The molecule has 0 aliphatic rings. The minimum absolute atomic E-state index is 0.249. The van der Waals surface area contributed by atoms with E-state index in [2.05, 4.69) is 5.32 Å². The van der Waals surface area contributed by atoms with Gasteiger partial charge in [0.1, 0.15) is 11.5 Å². The van der Waals surface area contributed by atoms with E-state index in [-0.39, 0.29) is 17.4 Å². The summed E-state index contributed by atoms with van der Waals surface area (Å²) >= 11 is 0. The van der Waals surface area contributed by atoms with Crippen LogP contribution in [0.15, 0.2) is 36.4 Å². The quantitative estimate of drug-likeness (QED) is 0.694. The van der Waals surface area contributed by atoms with E-state index in [0.717, 1.165) is 0 Å². The average molecular weight is 375 g/mol. The van der Waals surface area contributed by atoms with E-state index in [9.17, 15) is 9.59 Å². The fourth-order valence-corrected chi connectivity index (χ4v) is 2.26. The molecule has 0 atom stereocenters. The molecule has 0 fully saturated rings. The number of hydrogen-bond acceptors (Lipinski definition) is 6. The van der Waals surface area contributed by atoms with E-state index in [1.54, 1.807) is 25.1 Å². The molecule has 0 aromatic heterocycles. The molecule has 144 valence electrons. The topological polar surface area (TPSA) is 103 Å². The maximum atomic E-state index is 12.6. The molecular formula is C19H21NO7. The Morgan fingerprint density at radius 3 is 2.19 bits per heavy atom. The van der Waals surface area contributed by atoms with Crippen molar-refractivity contribution in [3.05, 3.63) is 42.0 Å². The maximum absolute atomic E-state index is 12.6. The minimum atomic E-state index is -1.11. The third kappa shape index (κ3) is 5.53.